The molecule has 0 bridgehead atoms. The second-order valence-electron chi connectivity index (χ2n) is 5.08. The van der Waals surface area contributed by atoms with E-state index in [4.69, 9.17) is 4.74 Å². The summed E-state index contributed by atoms with van der Waals surface area (Å²) in [4.78, 5) is 39.7. The van der Waals surface area contributed by atoms with Crippen LogP contribution in [0.5, 0.6) is 5.75 Å². The van der Waals surface area contributed by atoms with Gasteiger partial charge in [-0.25, -0.2) is 9.78 Å². The quantitative estimate of drug-likeness (QED) is 0.387. The maximum absolute atomic E-state index is 12.1. The molecule has 0 saturated heterocycles. The first kappa shape index (κ1) is 15.9. The molecule has 0 radical (unpaired) electrons. The Morgan fingerprint density at radius 1 is 1.54 bits per heavy atom. The van der Waals surface area contributed by atoms with Crippen LogP contribution in [0.4, 0.5) is 16.5 Å². The number of aromatic nitrogens is 1. The molecule has 0 atom stereocenters. The molecule has 1 aliphatic rings. The predicted molar refractivity (Wildman–Crippen MR) is 86.4 cm³/mol. The number of nitrogens with zero attached hydrogens (tertiary/aromatic N) is 3. The van der Waals surface area contributed by atoms with Crippen LogP contribution in [0.2, 0.25) is 0 Å². The smallest absolute Gasteiger partial charge is 0.331 e. The molecular formula is C14H12N4O5S. The van der Waals surface area contributed by atoms with Gasteiger partial charge in [-0.2, -0.15) is 0 Å². The van der Waals surface area contributed by atoms with Crippen LogP contribution in [-0.4, -0.2) is 34.9 Å². The van der Waals surface area contributed by atoms with Gasteiger partial charge in [-0.1, -0.05) is 0 Å². The van der Waals surface area contributed by atoms with Gasteiger partial charge in [0.05, 0.1) is 28.9 Å². The molecule has 10 heteroatoms. The lowest BCUT2D eigenvalue weighted by molar-refractivity contribution is -0.384. The average Bonchev–Trinajstić information content (AvgIpc) is 2.91. The van der Waals surface area contributed by atoms with Crippen LogP contribution < -0.4 is 15.0 Å². The van der Waals surface area contributed by atoms with Gasteiger partial charge in [0.2, 0.25) is 5.91 Å². The molecule has 0 fully saturated rings. The number of non-ortho nitro benzene ring substituents is 1. The lowest BCUT2D eigenvalue weighted by Crippen LogP contribution is -2.41. The fourth-order valence-electron chi connectivity index (χ4n) is 2.24. The van der Waals surface area contributed by atoms with Crippen molar-refractivity contribution >= 4 is 39.7 Å². The summed E-state index contributed by atoms with van der Waals surface area (Å²) in [5.74, 6) is -0.859. The van der Waals surface area contributed by atoms with Gasteiger partial charge in [-0.3, -0.25) is 14.9 Å². The number of fused-ring (bicyclic) bond motifs is 1. The van der Waals surface area contributed by atoms with Crippen LogP contribution in [0.3, 0.4) is 0 Å². The fourth-order valence-corrected chi connectivity index (χ4v) is 2.94. The second kappa shape index (κ2) is 6.24. The minimum Gasteiger partial charge on any atom is -0.423 e. The average molecular weight is 348 g/mol. The van der Waals surface area contributed by atoms with Crippen molar-refractivity contribution in [3.05, 3.63) is 39.4 Å². The first-order chi connectivity index (χ1) is 11.4. The number of hydrogen-bond donors (Lipinski definition) is 1. The van der Waals surface area contributed by atoms with E-state index in [1.807, 2.05) is 12.3 Å². The second-order valence-corrected chi connectivity index (χ2v) is 5.94. The Bertz CT molecular complexity index is 834. The number of ether oxygens (including phenoxy) is 1. The molecule has 2 aromatic rings. The van der Waals surface area contributed by atoms with E-state index in [0.717, 1.165) is 5.69 Å². The lowest BCUT2D eigenvalue weighted by Gasteiger charge is -2.28. The molecule has 1 aromatic heterocycles. The van der Waals surface area contributed by atoms with Crippen LogP contribution in [0.1, 0.15) is 5.69 Å². The number of esters is 1. The van der Waals surface area contributed by atoms with E-state index in [2.05, 4.69) is 10.3 Å². The summed E-state index contributed by atoms with van der Waals surface area (Å²) >= 11 is 1.30. The molecule has 1 aromatic carbocycles. The van der Waals surface area contributed by atoms with Gasteiger partial charge < -0.3 is 15.0 Å². The maximum Gasteiger partial charge on any atom is 0.331 e. The molecule has 0 unspecified atom stereocenters. The Morgan fingerprint density at radius 2 is 2.33 bits per heavy atom. The number of benzene rings is 1. The van der Waals surface area contributed by atoms with Crippen LogP contribution in [0.15, 0.2) is 23.6 Å². The third-order valence-corrected chi connectivity index (χ3v) is 4.11. The van der Waals surface area contributed by atoms with E-state index in [0.29, 0.717) is 10.8 Å². The zero-order chi connectivity index (χ0) is 17.3. The summed E-state index contributed by atoms with van der Waals surface area (Å²) in [6.45, 7) is 1.60. The van der Waals surface area contributed by atoms with Gasteiger partial charge in [-0.15, -0.1) is 11.3 Å². The molecule has 9 nitrogen and oxygen atoms in total. The molecule has 124 valence electrons. The summed E-state index contributed by atoms with van der Waals surface area (Å²) < 4.78 is 5.03. The monoisotopic (exact) mass is 348 g/mol. The number of aryl methyl sites for hydroxylation is 1. The first-order valence-corrected chi connectivity index (χ1v) is 7.76. The van der Waals surface area contributed by atoms with Crippen molar-refractivity contribution < 1.29 is 19.2 Å². The topological polar surface area (TPSA) is 115 Å². The number of rotatable bonds is 4. The Kier molecular flexibility index (Phi) is 4.13. The highest BCUT2D eigenvalue weighted by molar-refractivity contribution is 7.13. The number of carbonyl (C=O) groups excluding carboxylic acids is 2. The Hall–Kier alpha value is -3.01. The van der Waals surface area contributed by atoms with E-state index in [1.54, 1.807) is 0 Å². The largest absolute Gasteiger partial charge is 0.423 e. The zero-order valence-corrected chi connectivity index (χ0v) is 13.3. The van der Waals surface area contributed by atoms with Crippen molar-refractivity contribution in [1.29, 1.82) is 0 Å². The van der Waals surface area contributed by atoms with Gasteiger partial charge in [0.25, 0.3) is 5.69 Å². The Balaban J connectivity index is 1.78. The minimum absolute atomic E-state index is 0.0679. The van der Waals surface area contributed by atoms with Crippen LogP contribution >= 0.6 is 11.3 Å². The SMILES string of the molecule is Cc1csc(NC(=O)CN2CC(=O)Oc3cc([N+](=O)[O-])ccc32)n1. The molecule has 1 amide bonds. The van der Waals surface area contributed by atoms with E-state index in [1.165, 1.54) is 34.4 Å². The minimum atomic E-state index is -0.583. The van der Waals surface area contributed by atoms with Crippen LogP contribution in [-0.2, 0) is 9.59 Å². The van der Waals surface area contributed by atoms with Crippen molar-refractivity contribution in [3.63, 3.8) is 0 Å². The van der Waals surface area contributed by atoms with E-state index in [9.17, 15) is 19.7 Å². The van der Waals surface area contributed by atoms with Gasteiger partial charge in [0.15, 0.2) is 10.9 Å². The molecule has 0 spiro atoms. The maximum atomic E-state index is 12.1. The number of nitro benzene ring substituents is 1. The third kappa shape index (κ3) is 3.33. The highest BCUT2D eigenvalue weighted by Crippen LogP contribution is 2.35. The normalized spacial score (nSPS) is 13.2. The molecular weight excluding hydrogens is 336 g/mol. The van der Waals surface area contributed by atoms with Gasteiger partial charge in [0.1, 0.15) is 6.54 Å². The summed E-state index contributed by atoms with van der Waals surface area (Å²) in [6.07, 6.45) is 0. The number of hydrogen-bond acceptors (Lipinski definition) is 8. The zero-order valence-electron chi connectivity index (χ0n) is 12.5. The summed E-state index contributed by atoms with van der Waals surface area (Å²) in [5.41, 5.74) is 1.06. The van der Waals surface area contributed by atoms with Gasteiger partial charge in [-0.05, 0) is 13.0 Å². The van der Waals surface area contributed by atoms with E-state index >= 15 is 0 Å². The Morgan fingerprint density at radius 3 is 3.00 bits per heavy atom. The molecule has 1 aliphatic heterocycles. The Labute approximate surface area is 140 Å². The molecule has 0 saturated carbocycles. The molecule has 2 heterocycles. The molecule has 24 heavy (non-hydrogen) atoms. The van der Waals surface area contributed by atoms with Crippen molar-refractivity contribution in [1.82, 2.24) is 4.98 Å². The highest BCUT2D eigenvalue weighted by atomic mass is 32.1. The summed E-state index contributed by atoms with van der Waals surface area (Å²) in [7, 11) is 0. The number of nitro groups is 1. The number of anilines is 2. The first-order valence-electron chi connectivity index (χ1n) is 6.88. The van der Waals surface area contributed by atoms with Crippen LogP contribution in [0, 0.1) is 17.0 Å². The number of nitrogens with one attached hydrogen (secondary N) is 1. The number of carbonyl (C=O) groups is 2. The molecule has 0 aliphatic carbocycles. The lowest BCUT2D eigenvalue weighted by atomic mass is 10.2. The predicted octanol–water partition coefficient (Wildman–Crippen LogP) is 1.72. The summed E-state index contributed by atoms with van der Waals surface area (Å²) in [5, 5.41) is 15.7. The van der Waals surface area contributed by atoms with Crippen molar-refractivity contribution in [2.75, 3.05) is 23.3 Å². The third-order valence-electron chi connectivity index (χ3n) is 3.24. The molecule has 1 N–H and O–H groups in total. The van der Waals surface area contributed by atoms with Crippen molar-refractivity contribution in [3.8, 4) is 5.75 Å². The van der Waals surface area contributed by atoms with Crippen molar-refractivity contribution in [2.45, 2.75) is 6.92 Å². The number of thiazole rings is 1. The standard InChI is InChI=1S/C14H12N4O5S/c1-8-7-24-14(15-8)16-12(19)5-17-6-13(20)23-11-4-9(18(21)22)2-3-10(11)17/h2-4,7H,5-6H2,1H3,(H,15,16,19). The number of amides is 1. The van der Waals surface area contributed by atoms with Crippen molar-refractivity contribution in [2.24, 2.45) is 0 Å². The van der Waals surface area contributed by atoms with E-state index < -0.39 is 10.9 Å². The summed E-state index contributed by atoms with van der Waals surface area (Å²) in [6, 6.07) is 3.93. The highest BCUT2D eigenvalue weighted by Gasteiger charge is 2.27. The van der Waals surface area contributed by atoms with Crippen LogP contribution in [0.25, 0.3) is 0 Å². The van der Waals surface area contributed by atoms with Gasteiger partial charge in [0, 0.05) is 11.4 Å². The molecule has 3 rings (SSSR count). The van der Waals surface area contributed by atoms with Gasteiger partial charge >= 0.3 is 5.97 Å². The van der Waals surface area contributed by atoms with E-state index in [-0.39, 0.29) is 30.4 Å². The fraction of sp³-hybridized carbons (Fsp3) is 0.214.